The maximum Gasteiger partial charge on any atom is 0.0512 e. The van der Waals surface area contributed by atoms with Crippen molar-refractivity contribution < 1.29 is 9.84 Å². The Kier molecular flexibility index (Phi) is 4.69. The lowest BCUT2D eigenvalue weighted by Crippen LogP contribution is -2.20. The largest absolute Gasteiger partial charge is 0.396 e. The lowest BCUT2D eigenvalue weighted by atomic mass is 9.85. The fraction of sp³-hybridized carbons (Fsp3) is 1.00. The lowest BCUT2D eigenvalue weighted by Gasteiger charge is -2.23. The Labute approximate surface area is 69.6 Å². The molecular weight excluding hydrogens is 140 g/mol. The zero-order valence-corrected chi connectivity index (χ0v) is 8.05. The molecule has 0 amide bonds. The molecule has 68 valence electrons. The second kappa shape index (κ2) is 4.73. The summed E-state index contributed by atoms with van der Waals surface area (Å²) in [4.78, 5) is 0. The molecule has 0 saturated heterocycles. The Morgan fingerprint density at radius 1 is 1.36 bits per heavy atom. The molecule has 0 rings (SSSR count). The summed E-state index contributed by atoms with van der Waals surface area (Å²) < 4.78 is 4.98. The lowest BCUT2D eigenvalue weighted by molar-refractivity contribution is 0.0845. The standard InChI is InChI=1S/C9H20O2/c1-9(2,3)5-8(6-10)7-11-4/h8,10H,5-7H2,1-4H3. The highest BCUT2D eigenvalue weighted by atomic mass is 16.5. The summed E-state index contributed by atoms with van der Waals surface area (Å²) in [5.41, 5.74) is 0.284. The average molecular weight is 160 g/mol. The van der Waals surface area contributed by atoms with Gasteiger partial charge in [0.05, 0.1) is 6.61 Å². The van der Waals surface area contributed by atoms with Crippen LogP contribution in [-0.4, -0.2) is 25.4 Å². The minimum absolute atomic E-state index is 0.227. The van der Waals surface area contributed by atoms with E-state index in [1.54, 1.807) is 7.11 Å². The van der Waals surface area contributed by atoms with Crippen LogP contribution in [0.3, 0.4) is 0 Å². The van der Waals surface area contributed by atoms with E-state index in [0.717, 1.165) is 6.42 Å². The first-order valence-electron chi connectivity index (χ1n) is 4.09. The number of hydrogen-bond acceptors (Lipinski definition) is 2. The highest BCUT2D eigenvalue weighted by molar-refractivity contribution is 4.68. The van der Waals surface area contributed by atoms with Crippen molar-refractivity contribution in [2.75, 3.05) is 20.3 Å². The summed E-state index contributed by atoms with van der Waals surface area (Å²) in [5.74, 6) is 0.292. The summed E-state index contributed by atoms with van der Waals surface area (Å²) >= 11 is 0. The summed E-state index contributed by atoms with van der Waals surface area (Å²) in [7, 11) is 1.67. The molecule has 0 aromatic rings. The van der Waals surface area contributed by atoms with E-state index in [-0.39, 0.29) is 12.0 Å². The fourth-order valence-corrected chi connectivity index (χ4v) is 1.28. The van der Waals surface area contributed by atoms with Crippen molar-refractivity contribution in [1.29, 1.82) is 0 Å². The van der Waals surface area contributed by atoms with Gasteiger partial charge in [-0.3, -0.25) is 0 Å². The number of hydrogen-bond donors (Lipinski definition) is 1. The summed E-state index contributed by atoms with van der Waals surface area (Å²) in [6, 6.07) is 0. The van der Waals surface area contributed by atoms with E-state index >= 15 is 0 Å². The molecule has 1 atom stereocenters. The molecule has 0 aliphatic heterocycles. The van der Waals surface area contributed by atoms with Crippen LogP contribution in [0.2, 0.25) is 0 Å². The van der Waals surface area contributed by atoms with E-state index < -0.39 is 0 Å². The molecule has 0 bridgehead atoms. The zero-order chi connectivity index (χ0) is 8.91. The van der Waals surface area contributed by atoms with Crippen LogP contribution in [-0.2, 0) is 4.74 Å². The molecule has 1 unspecified atom stereocenters. The van der Waals surface area contributed by atoms with Crippen LogP contribution in [0.1, 0.15) is 27.2 Å². The van der Waals surface area contributed by atoms with E-state index in [0.29, 0.717) is 12.5 Å². The van der Waals surface area contributed by atoms with E-state index in [1.807, 2.05) is 0 Å². The molecule has 0 fully saturated rings. The van der Waals surface area contributed by atoms with Crippen molar-refractivity contribution in [3.63, 3.8) is 0 Å². The summed E-state index contributed by atoms with van der Waals surface area (Å²) in [6.07, 6.45) is 1.01. The maximum absolute atomic E-state index is 8.94. The van der Waals surface area contributed by atoms with Gasteiger partial charge in [0.1, 0.15) is 0 Å². The summed E-state index contributed by atoms with van der Waals surface area (Å²) in [6.45, 7) is 7.40. The van der Waals surface area contributed by atoms with Crippen molar-refractivity contribution in [1.82, 2.24) is 0 Å². The predicted octanol–water partition coefficient (Wildman–Crippen LogP) is 1.68. The molecule has 0 radical (unpaired) electrons. The molecule has 11 heavy (non-hydrogen) atoms. The van der Waals surface area contributed by atoms with Crippen LogP contribution in [0, 0.1) is 11.3 Å². The Bertz CT molecular complexity index is 94.2. The molecule has 2 nitrogen and oxygen atoms in total. The van der Waals surface area contributed by atoms with E-state index in [4.69, 9.17) is 9.84 Å². The molecule has 0 saturated carbocycles. The van der Waals surface area contributed by atoms with Crippen LogP contribution in [0.4, 0.5) is 0 Å². The van der Waals surface area contributed by atoms with Gasteiger partial charge in [0.2, 0.25) is 0 Å². The number of rotatable bonds is 4. The van der Waals surface area contributed by atoms with E-state index in [1.165, 1.54) is 0 Å². The maximum atomic E-state index is 8.94. The molecule has 0 aromatic carbocycles. The van der Waals surface area contributed by atoms with Crippen molar-refractivity contribution in [3.8, 4) is 0 Å². The Balaban J connectivity index is 3.68. The number of ether oxygens (including phenoxy) is 1. The number of methoxy groups -OCH3 is 1. The van der Waals surface area contributed by atoms with Gasteiger partial charge >= 0.3 is 0 Å². The van der Waals surface area contributed by atoms with Crippen LogP contribution in [0.5, 0.6) is 0 Å². The first-order valence-corrected chi connectivity index (χ1v) is 4.09. The van der Waals surface area contributed by atoms with Crippen molar-refractivity contribution in [3.05, 3.63) is 0 Å². The van der Waals surface area contributed by atoms with Gasteiger partial charge in [-0.1, -0.05) is 20.8 Å². The number of aliphatic hydroxyl groups excluding tert-OH is 1. The Hall–Kier alpha value is -0.0800. The highest BCUT2D eigenvalue weighted by Crippen LogP contribution is 2.24. The summed E-state index contributed by atoms with van der Waals surface area (Å²) in [5, 5.41) is 8.94. The van der Waals surface area contributed by atoms with Crippen LogP contribution in [0.15, 0.2) is 0 Å². The van der Waals surface area contributed by atoms with Crippen LogP contribution in [0.25, 0.3) is 0 Å². The molecule has 0 aliphatic carbocycles. The Morgan fingerprint density at radius 3 is 2.18 bits per heavy atom. The van der Waals surface area contributed by atoms with Crippen molar-refractivity contribution in [2.24, 2.45) is 11.3 Å². The third kappa shape index (κ3) is 6.32. The highest BCUT2D eigenvalue weighted by Gasteiger charge is 2.17. The van der Waals surface area contributed by atoms with Gasteiger partial charge in [-0.2, -0.15) is 0 Å². The first kappa shape index (κ1) is 10.9. The Morgan fingerprint density at radius 2 is 1.91 bits per heavy atom. The topological polar surface area (TPSA) is 29.5 Å². The monoisotopic (exact) mass is 160 g/mol. The third-order valence-electron chi connectivity index (χ3n) is 1.56. The number of aliphatic hydroxyl groups is 1. The van der Waals surface area contributed by atoms with E-state index in [2.05, 4.69) is 20.8 Å². The fourth-order valence-electron chi connectivity index (χ4n) is 1.28. The quantitative estimate of drug-likeness (QED) is 0.678. The van der Waals surface area contributed by atoms with Crippen LogP contribution < -0.4 is 0 Å². The smallest absolute Gasteiger partial charge is 0.0512 e. The van der Waals surface area contributed by atoms with Gasteiger partial charge < -0.3 is 9.84 Å². The van der Waals surface area contributed by atoms with Gasteiger partial charge in [0.25, 0.3) is 0 Å². The van der Waals surface area contributed by atoms with Gasteiger partial charge in [-0.15, -0.1) is 0 Å². The van der Waals surface area contributed by atoms with E-state index in [9.17, 15) is 0 Å². The molecular formula is C9H20O2. The molecule has 0 spiro atoms. The van der Waals surface area contributed by atoms with Gasteiger partial charge in [-0.25, -0.2) is 0 Å². The van der Waals surface area contributed by atoms with Gasteiger partial charge in [-0.05, 0) is 11.8 Å². The average Bonchev–Trinajstić information content (AvgIpc) is 1.84. The second-order valence-corrected chi connectivity index (χ2v) is 4.27. The van der Waals surface area contributed by atoms with Gasteiger partial charge in [0.15, 0.2) is 0 Å². The normalized spacial score (nSPS) is 15.0. The van der Waals surface area contributed by atoms with Crippen molar-refractivity contribution >= 4 is 0 Å². The minimum atomic E-state index is 0.227. The molecule has 1 N–H and O–H groups in total. The van der Waals surface area contributed by atoms with Gasteiger partial charge in [0, 0.05) is 19.6 Å². The predicted molar refractivity (Wildman–Crippen MR) is 46.5 cm³/mol. The first-order chi connectivity index (χ1) is 4.99. The SMILES string of the molecule is COCC(CO)CC(C)(C)C. The minimum Gasteiger partial charge on any atom is -0.396 e. The molecule has 0 heterocycles. The molecule has 0 aromatic heterocycles. The third-order valence-corrected chi connectivity index (χ3v) is 1.56. The second-order valence-electron chi connectivity index (χ2n) is 4.27. The molecule has 2 heteroatoms. The van der Waals surface area contributed by atoms with Crippen LogP contribution >= 0.6 is 0 Å². The van der Waals surface area contributed by atoms with Crippen molar-refractivity contribution in [2.45, 2.75) is 27.2 Å². The zero-order valence-electron chi connectivity index (χ0n) is 8.05. The molecule has 0 aliphatic rings.